The highest BCUT2D eigenvalue weighted by Gasteiger charge is 2.12. The lowest BCUT2D eigenvalue weighted by Crippen LogP contribution is -2.28. The molecule has 0 unspecified atom stereocenters. The summed E-state index contributed by atoms with van der Waals surface area (Å²) in [4.78, 5) is 15.3. The minimum atomic E-state index is -0.297. The van der Waals surface area contributed by atoms with Gasteiger partial charge >= 0.3 is 0 Å². The van der Waals surface area contributed by atoms with Crippen LogP contribution in [0.15, 0.2) is 41.5 Å². The van der Waals surface area contributed by atoms with Gasteiger partial charge in [0, 0.05) is 23.5 Å². The van der Waals surface area contributed by atoms with Crippen molar-refractivity contribution in [3.8, 4) is 5.75 Å². The number of thiophene rings is 1. The number of carbonyl (C=O) groups excluding carboxylic acids is 1. The van der Waals surface area contributed by atoms with E-state index in [0.29, 0.717) is 5.56 Å². The minimum Gasteiger partial charge on any atom is -0.508 e. The van der Waals surface area contributed by atoms with E-state index in [0.717, 1.165) is 18.0 Å². The molecule has 3 rings (SSSR count). The summed E-state index contributed by atoms with van der Waals surface area (Å²) in [6.45, 7) is 2.24. The first kappa shape index (κ1) is 15.6. The summed E-state index contributed by atoms with van der Waals surface area (Å²) in [7, 11) is 0. The molecule has 0 spiro atoms. The molecule has 2 heterocycles. The van der Waals surface area contributed by atoms with Crippen LogP contribution in [0.1, 0.15) is 34.5 Å². The molecule has 1 saturated heterocycles. The van der Waals surface area contributed by atoms with Crippen molar-refractivity contribution in [3.63, 3.8) is 0 Å². The third kappa shape index (κ3) is 4.10. The number of carbonyl (C=O) groups is 1. The van der Waals surface area contributed by atoms with Crippen LogP contribution >= 0.6 is 11.3 Å². The van der Waals surface area contributed by atoms with Crippen molar-refractivity contribution < 1.29 is 9.90 Å². The zero-order valence-electron chi connectivity index (χ0n) is 12.7. The molecule has 0 radical (unpaired) electrons. The number of anilines is 1. The summed E-state index contributed by atoms with van der Waals surface area (Å²) in [5.74, 6) is -0.164. The van der Waals surface area contributed by atoms with Crippen LogP contribution in [0.3, 0.4) is 0 Å². The van der Waals surface area contributed by atoms with Crippen molar-refractivity contribution in [2.45, 2.75) is 19.3 Å². The maximum atomic E-state index is 11.9. The summed E-state index contributed by atoms with van der Waals surface area (Å²) in [5, 5.41) is 14.5. The maximum absolute atomic E-state index is 11.9. The zero-order chi connectivity index (χ0) is 16.1. The van der Waals surface area contributed by atoms with Crippen LogP contribution in [0.2, 0.25) is 0 Å². The molecule has 2 aromatic rings. The predicted octanol–water partition coefficient (Wildman–Crippen LogP) is 3.21. The Morgan fingerprint density at radius 3 is 2.61 bits per heavy atom. The Hall–Kier alpha value is -2.34. The molecule has 1 aliphatic heterocycles. The van der Waals surface area contributed by atoms with Gasteiger partial charge in [0.2, 0.25) is 0 Å². The summed E-state index contributed by atoms with van der Waals surface area (Å²) < 4.78 is 0. The molecule has 1 fully saturated rings. The number of phenols is 1. The van der Waals surface area contributed by atoms with Gasteiger partial charge in [-0.1, -0.05) is 0 Å². The van der Waals surface area contributed by atoms with E-state index in [1.54, 1.807) is 29.7 Å². The minimum absolute atomic E-state index is 0.133. The first-order valence-electron chi connectivity index (χ1n) is 7.69. The third-order valence-corrected chi connectivity index (χ3v) is 4.85. The Morgan fingerprint density at radius 2 is 1.87 bits per heavy atom. The lowest BCUT2D eigenvalue weighted by Gasteiger charge is -2.27. The van der Waals surface area contributed by atoms with Gasteiger partial charge in [0.05, 0.1) is 11.2 Å². The van der Waals surface area contributed by atoms with E-state index in [9.17, 15) is 9.90 Å². The number of nitrogens with zero attached hydrogens (tertiary/aromatic N) is 2. The second kappa shape index (κ2) is 7.28. The van der Waals surface area contributed by atoms with Crippen LogP contribution in [0.5, 0.6) is 5.75 Å². The average Bonchev–Trinajstić information content (AvgIpc) is 3.05. The SMILES string of the molecule is O=C(N/N=C/c1ccc(N2CCCCC2)s1)c1ccc(O)cc1. The van der Waals surface area contributed by atoms with Crippen LogP contribution in [0, 0.1) is 0 Å². The van der Waals surface area contributed by atoms with Gasteiger partial charge in [0.25, 0.3) is 5.91 Å². The van der Waals surface area contributed by atoms with Gasteiger partial charge in [0.15, 0.2) is 0 Å². The average molecular weight is 329 g/mol. The first-order chi connectivity index (χ1) is 11.2. The summed E-state index contributed by atoms with van der Waals surface area (Å²) in [6, 6.07) is 10.2. The molecule has 0 saturated carbocycles. The Morgan fingerprint density at radius 1 is 1.13 bits per heavy atom. The zero-order valence-corrected chi connectivity index (χ0v) is 13.6. The summed E-state index contributed by atoms with van der Waals surface area (Å²) in [5.41, 5.74) is 2.96. The van der Waals surface area contributed by atoms with E-state index in [-0.39, 0.29) is 11.7 Å². The number of hydrazone groups is 1. The third-order valence-electron chi connectivity index (χ3n) is 3.77. The standard InChI is InChI=1S/C17H19N3O2S/c21-14-6-4-13(5-7-14)17(22)19-18-12-15-8-9-16(23-15)20-10-2-1-3-11-20/h4-9,12,21H,1-3,10-11H2,(H,19,22)/b18-12+. The van der Waals surface area contributed by atoms with E-state index >= 15 is 0 Å². The fourth-order valence-electron chi connectivity index (χ4n) is 2.53. The molecule has 1 amide bonds. The lowest BCUT2D eigenvalue weighted by atomic mass is 10.1. The van der Waals surface area contributed by atoms with Crippen molar-refractivity contribution in [1.82, 2.24) is 5.43 Å². The number of aromatic hydroxyl groups is 1. The normalized spacial score (nSPS) is 15.0. The van der Waals surface area contributed by atoms with Crippen LogP contribution in [0.25, 0.3) is 0 Å². The highest BCUT2D eigenvalue weighted by atomic mass is 32.1. The monoisotopic (exact) mass is 329 g/mol. The van der Waals surface area contributed by atoms with Crippen molar-refractivity contribution in [2.75, 3.05) is 18.0 Å². The first-order valence-corrected chi connectivity index (χ1v) is 8.51. The fraction of sp³-hybridized carbons (Fsp3) is 0.294. The van der Waals surface area contributed by atoms with Crippen molar-refractivity contribution in [2.24, 2.45) is 5.10 Å². The predicted molar refractivity (Wildman–Crippen MR) is 93.6 cm³/mol. The fourth-order valence-corrected chi connectivity index (χ4v) is 3.46. The summed E-state index contributed by atoms with van der Waals surface area (Å²) in [6.07, 6.45) is 5.49. The molecule has 6 heteroatoms. The second-order valence-electron chi connectivity index (χ2n) is 5.47. The number of benzene rings is 1. The molecular weight excluding hydrogens is 310 g/mol. The van der Waals surface area contributed by atoms with Crippen LogP contribution < -0.4 is 10.3 Å². The van der Waals surface area contributed by atoms with Crippen molar-refractivity contribution in [3.05, 3.63) is 46.8 Å². The van der Waals surface area contributed by atoms with Gasteiger partial charge in [0.1, 0.15) is 5.75 Å². The van der Waals surface area contributed by atoms with E-state index < -0.39 is 0 Å². The number of nitrogens with one attached hydrogen (secondary N) is 1. The molecular formula is C17H19N3O2S. The number of piperidine rings is 1. The summed E-state index contributed by atoms with van der Waals surface area (Å²) >= 11 is 1.68. The Kier molecular flexibility index (Phi) is 4.92. The van der Waals surface area contributed by atoms with Crippen LogP contribution in [-0.4, -0.2) is 30.3 Å². The number of amides is 1. The van der Waals surface area contributed by atoms with Crippen LogP contribution in [-0.2, 0) is 0 Å². The second-order valence-corrected chi connectivity index (χ2v) is 6.56. The molecule has 0 aliphatic carbocycles. The van der Waals surface area contributed by atoms with Gasteiger partial charge in [-0.3, -0.25) is 4.79 Å². The van der Waals surface area contributed by atoms with Gasteiger partial charge < -0.3 is 10.0 Å². The highest BCUT2D eigenvalue weighted by Crippen LogP contribution is 2.27. The molecule has 120 valence electrons. The Balaban J connectivity index is 1.56. The smallest absolute Gasteiger partial charge is 0.271 e. The van der Waals surface area contributed by atoms with Gasteiger partial charge in [-0.2, -0.15) is 5.10 Å². The largest absolute Gasteiger partial charge is 0.508 e. The molecule has 1 aliphatic rings. The highest BCUT2D eigenvalue weighted by molar-refractivity contribution is 7.17. The number of rotatable bonds is 4. The van der Waals surface area contributed by atoms with Gasteiger partial charge in [-0.05, 0) is 55.7 Å². The molecule has 0 atom stereocenters. The van der Waals surface area contributed by atoms with Crippen molar-refractivity contribution in [1.29, 1.82) is 0 Å². The topological polar surface area (TPSA) is 64.9 Å². The van der Waals surface area contributed by atoms with E-state index in [1.165, 1.54) is 36.4 Å². The lowest BCUT2D eigenvalue weighted by molar-refractivity contribution is 0.0955. The molecule has 0 bridgehead atoms. The molecule has 2 N–H and O–H groups in total. The van der Waals surface area contributed by atoms with E-state index in [1.807, 2.05) is 6.07 Å². The number of hydrogen-bond donors (Lipinski definition) is 2. The molecule has 1 aromatic carbocycles. The van der Waals surface area contributed by atoms with Gasteiger partial charge in [-0.25, -0.2) is 5.43 Å². The number of phenolic OH excluding ortho intramolecular Hbond substituents is 1. The van der Waals surface area contributed by atoms with Crippen molar-refractivity contribution >= 4 is 28.5 Å². The molecule has 23 heavy (non-hydrogen) atoms. The quantitative estimate of drug-likeness (QED) is 0.669. The molecule has 1 aromatic heterocycles. The molecule has 5 nitrogen and oxygen atoms in total. The Bertz CT molecular complexity index is 688. The van der Waals surface area contributed by atoms with E-state index in [4.69, 9.17) is 0 Å². The number of hydrogen-bond acceptors (Lipinski definition) is 5. The maximum Gasteiger partial charge on any atom is 0.271 e. The van der Waals surface area contributed by atoms with Gasteiger partial charge in [-0.15, -0.1) is 11.3 Å². The Labute approximate surface area is 139 Å². The van der Waals surface area contributed by atoms with E-state index in [2.05, 4.69) is 21.5 Å². The van der Waals surface area contributed by atoms with Crippen LogP contribution in [0.4, 0.5) is 5.00 Å².